The van der Waals surface area contributed by atoms with Crippen molar-refractivity contribution in [3.05, 3.63) is 39.3 Å². The summed E-state index contributed by atoms with van der Waals surface area (Å²) in [6.07, 6.45) is 3.04. The molecule has 0 saturated carbocycles. The summed E-state index contributed by atoms with van der Waals surface area (Å²) in [5.41, 5.74) is 5.96. The number of nitrogens with one attached hydrogen (secondary N) is 1. The molecule has 3 N–H and O–H groups in total. The average Bonchev–Trinajstić information content (AvgIpc) is 2.81. The lowest BCUT2D eigenvalue weighted by Crippen LogP contribution is -2.15. The maximum absolute atomic E-state index is 12.2. The van der Waals surface area contributed by atoms with Gasteiger partial charge in [0.25, 0.3) is 10.0 Å². The number of hydrogen-bond donors (Lipinski definition) is 2. The van der Waals surface area contributed by atoms with Gasteiger partial charge in [-0.2, -0.15) is 0 Å². The van der Waals surface area contributed by atoms with Crippen LogP contribution in [0, 0.1) is 0 Å². The zero-order chi connectivity index (χ0) is 13.2. The van der Waals surface area contributed by atoms with Crippen molar-refractivity contribution in [3.8, 4) is 0 Å². The van der Waals surface area contributed by atoms with E-state index in [0.717, 1.165) is 0 Å². The van der Waals surface area contributed by atoms with Gasteiger partial charge in [0, 0.05) is 23.8 Å². The Labute approximate surface area is 117 Å². The van der Waals surface area contributed by atoms with Crippen molar-refractivity contribution in [2.24, 2.45) is 5.73 Å². The Balaban J connectivity index is 2.37. The Morgan fingerprint density at radius 3 is 2.89 bits per heavy atom. The molecule has 0 aromatic carbocycles. The van der Waals surface area contributed by atoms with Gasteiger partial charge in [0.1, 0.15) is 4.90 Å². The number of rotatable bonds is 4. The predicted octanol–water partition coefficient (Wildman–Crippen LogP) is 2.17. The molecule has 0 aliphatic heterocycles. The second-order valence-electron chi connectivity index (χ2n) is 3.37. The van der Waals surface area contributed by atoms with Crippen molar-refractivity contribution in [1.82, 2.24) is 4.98 Å². The Morgan fingerprint density at radius 2 is 2.22 bits per heavy atom. The summed E-state index contributed by atoms with van der Waals surface area (Å²) in [5, 5.41) is 1.71. The van der Waals surface area contributed by atoms with Gasteiger partial charge in [-0.25, -0.2) is 8.42 Å². The maximum Gasteiger partial charge on any atom is 0.263 e. The molecular formula is C10H10BrN3O2S2. The van der Waals surface area contributed by atoms with Gasteiger partial charge in [0.15, 0.2) is 0 Å². The molecule has 0 aliphatic rings. The molecular weight excluding hydrogens is 338 g/mol. The number of pyridine rings is 1. The Hall–Kier alpha value is -0.960. The molecule has 0 spiro atoms. The van der Waals surface area contributed by atoms with Gasteiger partial charge >= 0.3 is 0 Å². The van der Waals surface area contributed by atoms with Crippen LogP contribution in [0.3, 0.4) is 0 Å². The van der Waals surface area contributed by atoms with Crippen LogP contribution >= 0.6 is 27.3 Å². The number of hydrogen-bond acceptors (Lipinski definition) is 5. The topological polar surface area (TPSA) is 85.1 Å². The normalized spacial score (nSPS) is 11.4. The van der Waals surface area contributed by atoms with E-state index >= 15 is 0 Å². The zero-order valence-corrected chi connectivity index (χ0v) is 12.3. The lowest BCUT2D eigenvalue weighted by Gasteiger charge is -2.09. The maximum atomic E-state index is 12.2. The van der Waals surface area contributed by atoms with Crippen molar-refractivity contribution in [3.63, 3.8) is 0 Å². The lowest BCUT2D eigenvalue weighted by molar-refractivity contribution is 0.600. The standard InChI is InChI=1S/C10H10BrN3O2S2/c11-7-6-13-3-1-8(7)14-18(15,16)10-2-4-17-9(10)5-12/h1-4,6H,5,12H2,(H,13,14). The van der Waals surface area contributed by atoms with Crippen LogP contribution in [-0.2, 0) is 16.6 Å². The minimum absolute atomic E-state index is 0.200. The van der Waals surface area contributed by atoms with Crippen LogP contribution in [0.1, 0.15) is 4.88 Å². The summed E-state index contributed by atoms with van der Waals surface area (Å²) in [5.74, 6) is 0. The monoisotopic (exact) mass is 347 g/mol. The third-order valence-electron chi connectivity index (χ3n) is 2.20. The van der Waals surface area contributed by atoms with Crippen molar-refractivity contribution < 1.29 is 8.42 Å². The largest absolute Gasteiger partial charge is 0.326 e. The molecule has 2 rings (SSSR count). The van der Waals surface area contributed by atoms with Gasteiger partial charge in [0.05, 0.1) is 10.2 Å². The van der Waals surface area contributed by atoms with Crippen molar-refractivity contribution >= 4 is 43.0 Å². The van der Waals surface area contributed by atoms with E-state index in [1.54, 1.807) is 17.5 Å². The van der Waals surface area contributed by atoms with E-state index in [1.165, 1.54) is 23.7 Å². The molecule has 18 heavy (non-hydrogen) atoms. The number of nitrogens with two attached hydrogens (primary N) is 1. The molecule has 0 radical (unpaired) electrons. The molecule has 5 nitrogen and oxygen atoms in total. The molecule has 0 saturated heterocycles. The molecule has 0 bridgehead atoms. The van der Waals surface area contributed by atoms with Crippen LogP contribution in [0.2, 0.25) is 0 Å². The van der Waals surface area contributed by atoms with Gasteiger partial charge in [0.2, 0.25) is 0 Å². The highest BCUT2D eigenvalue weighted by Crippen LogP contribution is 2.27. The third-order valence-corrected chi connectivity index (χ3v) is 5.35. The van der Waals surface area contributed by atoms with Gasteiger partial charge in [-0.3, -0.25) is 9.71 Å². The fraction of sp³-hybridized carbons (Fsp3) is 0.100. The van der Waals surface area contributed by atoms with Gasteiger partial charge in [-0.05, 0) is 33.4 Å². The summed E-state index contributed by atoms with van der Waals surface area (Å²) < 4.78 is 27.5. The Bertz CT molecular complexity index is 655. The summed E-state index contributed by atoms with van der Waals surface area (Å²) in [6.45, 7) is 0.200. The highest BCUT2D eigenvalue weighted by atomic mass is 79.9. The van der Waals surface area contributed by atoms with Crippen LogP contribution in [0.25, 0.3) is 0 Å². The number of halogens is 1. The minimum atomic E-state index is -3.61. The highest BCUT2D eigenvalue weighted by molar-refractivity contribution is 9.10. The van der Waals surface area contributed by atoms with Crippen molar-refractivity contribution in [2.45, 2.75) is 11.4 Å². The van der Waals surface area contributed by atoms with E-state index < -0.39 is 10.0 Å². The molecule has 0 aliphatic carbocycles. The first-order valence-corrected chi connectivity index (χ1v) is 8.09. The summed E-state index contributed by atoms with van der Waals surface area (Å²) in [7, 11) is -3.61. The summed E-state index contributed by atoms with van der Waals surface area (Å²) in [6, 6.07) is 3.13. The number of anilines is 1. The van der Waals surface area contributed by atoms with E-state index in [4.69, 9.17) is 5.73 Å². The first kappa shape index (κ1) is 13.5. The molecule has 2 aromatic rings. The van der Waals surface area contributed by atoms with Crippen molar-refractivity contribution in [2.75, 3.05) is 4.72 Å². The first-order chi connectivity index (χ1) is 8.54. The number of thiophene rings is 1. The van der Waals surface area contributed by atoms with E-state index in [-0.39, 0.29) is 11.4 Å². The smallest absolute Gasteiger partial charge is 0.263 e. The molecule has 2 heterocycles. The van der Waals surface area contributed by atoms with E-state index in [2.05, 4.69) is 25.6 Å². The first-order valence-electron chi connectivity index (χ1n) is 4.93. The van der Waals surface area contributed by atoms with Gasteiger partial charge in [-0.15, -0.1) is 11.3 Å². The Kier molecular flexibility index (Phi) is 4.00. The molecule has 0 fully saturated rings. The van der Waals surface area contributed by atoms with Crippen LogP contribution in [0.15, 0.2) is 39.3 Å². The molecule has 0 atom stereocenters. The van der Waals surface area contributed by atoms with Crippen LogP contribution in [-0.4, -0.2) is 13.4 Å². The fourth-order valence-corrected chi connectivity index (χ4v) is 4.27. The summed E-state index contributed by atoms with van der Waals surface area (Å²) >= 11 is 4.56. The van der Waals surface area contributed by atoms with E-state index in [9.17, 15) is 8.42 Å². The van der Waals surface area contributed by atoms with Gasteiger partial charge in [-0.1, -0.05) is 0 Å². The number of nitrogens with zero attached hydrogens (tertiary/aromatic N) is 1. The Morgan fingerprint density at radius 1 is 1.44 bits per heavy atom. The number of sulfonamides is 1. The van der Waals surface area contributed by atoms with Gasteiger partial charge < -0.3 is 5.73 Å². The lowest BCUT2D eigenvalue weighted by atomic mass is 10.4. The molecule has 2 aromatic heterocycles. The molecule has 0 amide bonds. The van der Waals surface area contributed by atoms with E-state index in [0.29, 0.717) is 15.0 Å². The van der Waals surface area contributed by atoms with Crippen LogP contribution in [0.5, 0.6) is 0 Å². The quantitative estimate of drug-likeness (QED) is 0.887. The third kappa shape index (κ3) is 2.72. The number of aromatic nitrogens is 1. The highest BCUT2D eigenvalue weighted by Gasteiger charge is 2.19. The average molecular weight is 348 g/mol. The van der Waals surface area contributed by atoms with E-state index in [1.807, 2.05) is 0 Å². The zero-order valence-electron chi connectivity index (χ0n) is 9.13. The predicted molar refractivity (Wildman–Crippen MR) is 75.0 cm³/mol. The SMILES string of the molecule is NCc1sccc1S(=O)(=O)Nc1ccncc1Br. The van der Waals surface area contributed by atoms with Crippen molar-refractivity contribution in [1.29, 1.82) is 0 Å². The molecule has 0 unspecified atom stereocenters. The minimum Gasteiger partial charge on any atom is -0.326 e. The molecule has 96 valence electrons. The summed E-state index contributed by atoms with van der Waals surface area (Å²) in [4.78, 5) is 4.72. The van der Waals surface area contributed by atoms with Crippen LogP contribution < -0.4 is 10.5 Å². The molecule has 8 heteroatoms. The van der Waals surface area contributed by atoms with Crippen LogP contribution in [0.4, 0.5) is 5.69 Å². The second kappa shape index (κ2) is 5.35. The fourth-order valence-electron chi connectivity index (χ4n) is 1.37. The second-order valence-corrected chi connectivity index (χ2v) is 6.88.